The number of carbonyl (C=O) groups is 1. The Balaban J connectivity index is 1.89. The molecule has 0 aliphatic heterocycles. The molecule has 0 aromatic heterocycles. The van der Waals surface area contributed by atoms with Crippen LogP contribution >= 0.6 is 0 Å². The molecule has 0 heterocycles. The van der Waals surface area contributed by atoms with Gasteiger partial charge in [0, 0.05) is 18.2 Å². The van der Waals surface area contributed by atoms with Crippen molar-refractivity contribution in [3.63, 3.8) is 0 Å². The lowest BCUT2D eigenvalue weighted by Gasteiger charge is -2.21. The van der Waals surface area contributed by atoms with Crippen LogP contribution in [0.4, 0.5) is 0 Å². The Kier molecular flexibility index (Phi) is 6.06. The maximum atomic E-state index is 12.3. The van der Waals surface area contributed by atoms with Gasteiger partial charge in [-0.3, -0.25) is 4.79 Å². The number of hydrogen-bond donors (Lipinski definition) is 2. The Morgan fingerprint density at radius 2 is 1.65 bits per heavy atom. The Morgan fingerprint density at radius 3 is 2.25 bits per heavy atom. The Bertz CT molecular complexity index is 406. The molecule has 1 saturated carbocycles. The monoisotopic (exact) mass is 274 g/mol. The minimum atomic E-state index is 0.0755. The van der Waals surface area contributed by atoms with E-state index in [0.717, 1.165) is 24.9 Å². The predicted molar refractivity (Wildman–Crippen MR) is 82.8 cm³/mol. The van der Waals surface area contributed by atoms with Crippen molar-refractivity contribution in [1.82, 2.24) is 10.6 Å². The lowest BCUT2D eigenvalue weighted by atomic mass is 9.96. The van der Waals surface area contributed by atoms with Crippen LogP contribution in [0.2, 0.25) is 0 Å². The number of rotatable bonds is 4. The van der Waals surface area contributed by atoms with Crippen molar-refractivity contribution in [2.75, 3.05) is 7.05 Å². The summed E-state index contributed by atoms with van der Waals surface area (Å²) in [5, 5.41) is 6.31. The van der Waals surface area contributed by atoms with Gasteiger partial charge in [0.05, 0.1) is 0 Å². The van der Waals surface area contributed by atoms with Gasteiger partial charge >= 0.3 is 0 Å². The van der Waals surface area contributed by atoms with E-state index in [1.807, 2.05) is 31.3 Å². The topological polar surface area (TPSA) is 41.1 Å². The van der Waals surface area contributed by atoms with Crippen LogP contribution in [0, 0.1) is 0 Å². The maximum Gasteiger partial charge on any atom is 0.251 e. The molecule has 1 fully saturated rings. The molecule has 1 aliphatic carbocycles. The second-order valence-corrected chi connectivity index (χ2v) is 5.74. The van der Waals surface area contributed by atoms with Crippen LogP contribution in [-0.4, -0.2) is 19.0 Å². The zero-order chi connectivity index (χ0) is 14.2. The summed E-state index contributed by atoms with van der Waals surface area (Å²) in [4.78, 5) is 12.3. The molecule has 1 aliphatic rings. The van der Waals surface area contributed by atoms with Crippen molar-refractivity contribution in [1.29, 1.82) is 0 Å². The van der Waals surface area contributed by atoms with Crippen LogP contribution in [0.25, 0.3) is 0 Å². The van der Waals surface area contributed by atoms with Gasteiger partial charge in [-0.2, -0.15) is 0 Å². The number of hydrogen-bond acceptors (Lipinski definition) is 2. The second kappa shape index (κ2) is 8.05. The van der Waals surface area contributed by atoms with E-state index in [1.54, 1.807) is 0 Å². The lowest BCUT2D eigenvalue weighted by Crippen LogP contribution is -2.35. The minimum Gasteiger partial charge on any atom is -0.349 e. The first-order valence-corrected chi connectivity index (χ1v) is 7.84. The molecule has 0 saturated heterocycles. The summed E-state index contributed by atoms with van der Waals surface area (Å²) < 4.78 is 0. The van der Waals surface area contributed by atoms with Crippen molar-refractivity contribution < 1.29 is 4.79 Å². The molecule has 1 amide bonds. The van der Waals surface area contributed by atoms with Gasteiger partial charge in [0.25, 0.3) is 5.91 Å². The standard InChI is InChI=1S/C17H26N2O/c1-18-13-14-9-11-15(12-10-14)17(20)19-16-7-5-3-2-4-6-8-16/h9-12,16,18H,2-8,13H2,1H3,(H,19,20). The second-order valence-electron chi connectivity index (χ2n) is 5.74. The quantitative estimate of drug-likeness (QED) is 0.885. The van der Waals surface area contributed by atoms with Crippen LogP contribution in [-0.2, 0) is 6.54 Å². The SMILES string of the molecule is CNCc1ccc(C(=O)NC2CCCCCCC2)cc1. The average Bonchev–Trinajstić information content (AvgIpc) is 2.43. The fraction of sp³-hybridized carbons (Fsp3) is 0.588. The number of carbonyl (C=O) groups excluding carboxylic acids is 1. The summed E-state index contributed by atoms with van der Waals surface area (Å²) in [7, 11) is 1.93. The summed E-state index contributed by atoms with van der Waals surface area (Å²) in [5.41, 5.74) is 1.97. The average molecular weight is 274 g/mol. The molecule has 0 spiro atoms. The van der Waals surface area contributed by atoms with E-state index in [0.29, 0.717) is 6.04 Å². The van der Waals surface area contributed by atoms with Crippen molar-refractivity contribution in [3.05, 3.63) is 35.4 Å². The number of benzene rings is 1. The van der Waals surface area contributed by atoms with Crippen molar-refractivity contribution in [2.45, 2.75) is 57.5 Å². The largest absolute Gasteiger partial charge is 0.349 e. The highest BCUT2D eigenvalue weighted by Gasteiger charge is 2.14. The van der Waals surface area contributed by atoms with Crippen LogP contribution < -0.4 is 10.6 Å². The van der Waals surface area contributed by atoms with E-state index < -0.39 is 0 Å². The molecule has 110 valence electrons. The van der Waals surface area contributed by atoms with Crippen LogP contribution in [0.5, 0.6) is 0 Å². The summed E-state index contributed by atoms with van der Waals surface area (Å²) in [6, 6.07) is 8.24. The van der Waals surface area contributed by atoms with E-state index >= 15 is 0 Å². The maximum absolute atomic E-state index is 12.3. The van der Waals surface area contributed by atoms with Gasteiger partial charge in [-0.15, -0.1) is 0 Å². The Labute approximate surface area is 122 Å². The van der Waals surface area contributed by atoms with E-state index in [-0.39, 0.29) is 5.91 Å². The molecular weight excluding hydrogens is 248 g/mol. The van der Waals surface area contributed by atoms with E-state index in [1.165, 1.54) is 37.7 Å². The first-order valence-electron chi connectivity index (χ1n) is 7.84. The number of amides is 1. The van der Waals surface area contributed by atoms with Gasteiger partial charge in [0.2, 0.25) is 0 Å². The number of nitrogens with one attached hydrogen (secondary N) is 2. The van der Waals surface area contributed by atoms with Gasteiger partial charge in [0.1, 0.15) is 0 Å². The third kappa shape index (κ3) is 4.64. The predicted octanol–water partition coefficient (Wildman–Crippen LogP) is 3.25. The summed E-state index contributed by atoms with van der Waals surface area (Å²) in [6.07, 6.45) is 8.72. The van der Waals surface area contributed by atoms with Crippen molar-refractivity contribution in [2.24, 2.45) is 0 Å². The molecular formula is C17H26N2O. The van der Waals surface area contributed by atoms with Crippen LogP contribution in [0.1, 0.15) is 60.9 Å². The first kappa shape index (κ1) is 15.0. The Morgan fingerprint density at radius 1 is 1.05 bits per heavy atom. The van der Waals surface area contributed by atoms with Crippen molar-refractivity contribution >= 4 is 5.91 Å². The normalized spacial score (nSPS) is 17.2. The third-order valence-corrected chi connectivity index (χ3v) is 4.04. The van der Waals surface area contributed by atoms with Gasteiger partial charge in [0.15, 0.2) is 0 Å². The third-order valence-electron chi connectivity index (χ3n) is 4.04. The smallest absolute Gasteiger partial charge is 0.251 e. The lowest BCUT2D eigenvalue weighted by molar-refractivity contribution is 0.0930. The van der Waals surface area contributed by atoms with Gasteiger partial charge in [-0.1, -0.05) is 44.2 Å². The van der Waals surface area contributed by atoms with Gasteiger partial charge in [-0.25, -0.2) is 0 Å². The fourth-order valence-electron chi connectivity index (χ4n) is 2.85. The summed E-state index contributed by atoms with van der Waals surface area (Å²) in [5.74, 6) is 0.0755. The zero-order valence-electron chi connectivity index (χ0n) is 12.5. The summed E-state index contributed by atoms with van der Waals surface area (Å²) in [6.45, 7) is 0.838. The molecule has 0 unspecified atom stereocenters. The van der Waals surface area contributed by atoms with Crippen molar-refractivity contribution in [3.8, 4) is 0 Å². The summed E-state index contributed by atoms with van der Waals surface area (Å²) >= 11 is 0. The fourth-order valence-corrected chi connectivity index (χ4v) is 2.85. The molecule has 0 radical (unpaired) electrons. The highest BCUT2D eigenvalue weighted by atomic mass is 16.1. The molecule has 1 aromatic carbocycles. The van der Waals surface area contributed by atoms with Crippen LogP contribution in [0.15, 0.2) is 24.3 Å². The van der Waals surface area contributed by atoms with E-state index in [2.05, 4.69) is 10.6 Å². The molecule has 20 heavy (non-hydrogen) atoms. The Hall–Kier alpha value is -1.35. The van der Waals surface area contributed by atoms with E-state index in [4.69, 9.17) is 0 Å². The zero-order valence-corrected chi connectivity index (χ0v) is 12.5. The molecule has 0 atom stereocenters. The molecule has 3 heteroatoms. The molecule has 2 N–H and O–H groups in total. The molecule has 1 aromatic rings. The molecule has 0 bridgehead atoms. The highest BCUT2D eigenvalue weighted by molar-refractivity contribution is 5.94. The minimum absolute atomic E-state index is 0.0755. The molecule has 3 nitrogen and oxygen atoms in total. The molecule has 2 rings (SSSR count). The highest BCUT2D eigenvalue weighted by Crippen LogP contribution is 2.17. The van der Waals surface area contributed by atoms with Crippen LogP contribution in [0.3, 0.4) is 0 Å². The van der Waals surface area contributed by atoms with E-state index in [9.17, 15) is 4.79 Å². The van der Waals surface area contributed by atoms with Gasteiger partial charge in [-0.05, 0) is 37.6 Å². The first-order chi connectivity index (χ1) is 9.79. The van der Waals surface area contributed by atoms with Gasteiger partial charge < -0.3 is 10.6 Å².